The van der Waals surface area contributed by atoms with Gasteiger partial charge in [-0.3, -0.25) is 4.98 Å². The van der Waals surface area contributed by atoms with Crippen LogP contribution in [0.25, 0.3) is 22.3 Å². The van der Waals surface area contributed by atoms with Crippen molar-refractivity contribution in [1.82, 2.24) is 14.3 Å². The number of hydrogen-bond donors (Lipinski definition) is 2. The quantitative estimate of drug-likeness (QED) is 0.442. The molecule has 2 aromatic heterocycles. The Morgan fingerprint density at radius 1 is 1.23 bits per heavy atom. The number of alkyl halides is 3. The third-order valence-corrected chi connectivity index (χ3v) is 7.83. The van der Waals surface area contributed by atoms with Crippen molar-refractivity contribution in [3.63, 3.8) is 0 Å². The summed E-state index contributed by atoms with van der Waals surface area (Å²) in [7, 11) is -4.53. The molecule has 0 spiro atoms. The first-order valence-electron chi connectivity index (χ1n) is 10.9. The molecule has 3 aromatic rings. The van der Waals surface area contributed by atoms with Crippen molar-refractivity contribution in [2.75, 3.05) is 0 Å². The predicted molar refractivity (Wildman–Crippen MR) is 120 cm³/mol. The fraction of sp³-hybridized carbons (Fsp3) is 0.391. The number of fused-ring (bicyclic) bond motifs is 1. The normalized spacial score (nSPS) is 16.2. The fourth-order valence-corrected chi connectivity index (χ4v) is 5.66. The summed E-state index contributed by atoms with van der Waals surface area (Å²) in [5, 5.41) is 10.2. The molecule has 2 heterocycles. The van der Waals surface area contributed by atoms with E-state index in [-0.39, 0.29) is 28.4 Å². The first kappa shape index (κ1) is 25.1. The van der Waals surface area contributed by atoms with Gasteiger partial charge >= 0.3 is 12.1 Å². The number of nitrogens with one attached hydrogen (secondary N) is 1. The Labute approximate surface area is 198 Å². The van der Waals surface area contributed by atoms with Crippen LogP contribution in [0.3, 0.4) is 0 Å². The van der Waals surface area contributed by atoms with Gasteiger partial charge in [0, 0.05) is 17.6 Å². The van der Waals surface area contributed by atoms with Crippen LogP contribution in [0.2, 0.25) is 0 Å². The molecule has 12 heteroatoms. The van der Waals surface area contributed by atoms with Crippen LogP contribution >= 0.6 is 0 Å². The number of hydrogen-bond acceptors (Lipinski definition) is 4. The van der Waals surface area contributed by atoms with E-state index >= 15 is 0 Å². The molecule has 4 rings (SSSR count). The van der Waals surface area contributed by atoms with Crippen molar-refractivity contribution in [2.45, 2.75) is 62.7 Å². The highest BCUT2D eigenvalue weighted by molar-refractivity contribution is 7.89. The number of carboxylic acid groups (broad SMARTS) is 1. The number of rotatable bonds is 6. The third kappa shape index (κ3) is 4.64. The third-order valence-electron chi connectivity index (χ3n) is 6.30. The number of carbonyl (C=O) groups is 1. The van der Waals surface area contributed by atoms with E-state index in [2.05, 4.69) is 4.98 Å². The number of benzene rings is 1. The Balaban J connectivity index is 1.87. The summed E-state index contributed by atoms with van der Waals surface area (Å²) >= 11 is 0. The Hall–Kier alpha value is -2.99. The monoisotopic (exact) mass is 513 g/mol. The molecule has 1 aliphatic rings. The Morgan fingerprint density at radius 2 is 1.89 bits per heavy atom. The zero-order chi connectivity index (χ0) is 25.7. The molecule has 0 unspecified atom stereocenters. The SMILES string of the molecule is Cc1cc2c(cc1F)c(C(=O)O)c(-c1ccc(S(=O)(=O)N[C@@H](C)C(F)(F)F)cn1)n2C1CCCC1. The zero-order valence-corrected chi connectivity index (χ0v) is 19.7. The summed E-state index contributed by atoms with van der Waals surface area (Å²) in [6.45, 7) is 2.26. The van der Waals surface area contributed by atoms with E-state index in [1.165, 1.54) is 12.1 Å². The summed E-state index contributed by atoms with van der Waals surface area (Å²) in [5.74, 6) is -1.86. The first-order chi connectivity index (χ1) is 16.3. The average molecular weight is 514 g/mol. The van der Waals surface area contributed by atoms with Crippen LogP contribution < -0.4 is 4.72 Å². The van der Waals surface area contributed by atoms with Crippen molar-refractivity contribution >= 4 is 26.9 Å². The topological polar surface area (TPSA) is 101 Å². The lowest BCUT2D eigenvalue weighted by Crippen LogP contribution is -2.42. The highest BCUT2D eigenvalue weighted by Crippen LogP contribution is 2.41. The second kappa shape index (κ2) is 8.90. The molecule has 2 N–H and O–H groups in total. The molecule has 0 aliphatic heterocycles. The molecule has 0 bridgehead atoms. The molecule has 1 aliphatic carbocycles. The van der Waals surface area contributed by atoms with Crippen molar-refractivity contribution in [3.8, 4) is 11.4 Å². The maximum Gasteiger partial charge on any atom is 0.404 e. The van der Waals surface area contributed by atoms with Gasteiger partial charge in [-0.15, -0.1) is 0 Å². The largest absolute Gasteiger partial charge is 0.478 e. The van der Waals surface area contributed by atoms with Crippen molar-refractivity contribution < 1.29 is 35.9 Å². The Kier molecular flexibility index (Phi) is 6.39. The molecule has 0 amide bonds. The van der Waals surface area contributed by atoms with Gasteiger partial charge in [-0.05, 0) is 56.5 Å². The first-order valence-corrected chi connectivity index (χ1v) is 12.4. The number of carboxylic acids is 1. The van der Waals surface area contributed by atoms with E-state index in [4.69, 9.17) is 0 Å². The van der Waals surface area contributed by atoms with Crippen molar-refractivity contribution in [2.24, 2.45) is 0 Å². The molecule has 188 valence electrons. The zero-order valence-electron chi connectivity index (χ0n) is 18.9. The standard InChI is InChI=1S/C23H23F4N3O4S/c1-12-9-19-16(10-17(12)24)20(22(31)32)21(30(19)14-5-3-4-6-14)18-8-7-15(11-28-18)35(33,34)29-13(2)23(25,26)27/h7-11,13-14,29H,3-6H2,1-2H3,(H,31,32)/t13-/m0/s1. The lowest BCUT2D eigenvalue weighted by molar-refractivity contribution is -0.147. The van der Waals surface area contributed by atoms with Crippen LogP contribution in [-0.4, -0.2) is 41.3 Å². The Morgan fingerprint density at radius 3 is 2.43 bits per heavy atom. The van der Waals surface area contributed by atoms with Gasteiger partial charge in [-0.2, -0.15) is 17.9 Å². The van der Waals surface area contributed by atoms with Gasteiger partial charge < -0.3 is 9.67 Å². The van der Waals surface area contributed by atoms with Gasteiger partial charge in [0.1, 0.15) is 16.8 Å². The lowest BCUT2D eigenvalue weighted by Gasteiger charge is -2.19. The van der Waals surface area contributed by atoms with Crippen LogP contribution in [0.5, 0.6) is 0 Å². The second-order valence-corrected chi connectivity index (χ2v) is 10.4. The summed E-state index contributed by atoms with van der Waals surface area (Å²) in [6.07, 6.45) is -0.475. The second-order valence-electron chi connectivity index (χ2n) is 8.72. The minimum atomic E-state index is -4.77. The minimum absolute atomic E-state index is 0.0648. The van der Waals surface area contributed by atoms with Gasteiger partial charge in [0.15, 0.2) is 0 Å². The van der Waals surface area contributed by atoms with Gasteiger partial charge in [0.25, 0.3) is 0 Å². The molecule has 1 fully saturated rings. The number of aryl methyl sites for hydroxylation is 1. The smallest absolute Gasteiger partial charge is 0.404 e. The highest BCUT2D eigenvalue weighted by atomic mass is 32.2. The van der Waals surface area contributed by atoms with Gasteiger partial charge in [0.05, 0.1) is 22.5 Å². The predicted octanol–water partition coefficient (Wildman–Crippen LogP) is 5.19. The van der Waals surface area contributed by atoms with Gasteiger partial charge in [0.2, 0.25) is 10.0 Å². The lowest BCUT2D eigenvalue weighted by atomic mass is 10.1. The fourth-order valence-electron chi connectivity index (χ4n) is 4.49. The van der Waals surface area contributed by atoms with Crippen molar-refractivity contribution in [1.29, 1.82) is 0 Å². The van der Waals surface area contributed by atoms with Crippen LogP contribution in [0.1, 0.15) is 54.6 Å². The molecule has 35 heavy (non-hydrogen) atoms. The van der Waals surface area contributed by atoms with Gasteiger partial charge in [-0.25, -0.2) is 17.6 Å². The minimum Gasteiger partial charge on any atom is -0.478 e. The number of halogens is 4. The number of aromatic carboxylic acids is 1. The van der Waals surface area contributed by atoms with Crippen LogP contribution in [0, 0.1) is 12.7 Å². The number of aromatic nitrogens is 2. The van der Waals surface area contributed by atoms with Crippen LogP contribution in [-0.2, 0) is 10.0 Å². The molecular weight excluding hydrogens is 490 g/mol. The van der Waals surface area contributed by atoms with Gasteiger partial charge in [-0.1, -0.05) is 12.8 Å². The highest BCUT2D eigenvalue weighted by Gasteiger charge is 2.39. The molecule has 1 aromatic carbocycles. The molecule has 1 atom stereocenters. The average Bonchev–Trinajstić information content (AvgIpc) is 3.39. The number of nitrogens with zero attached hydrogens (tertiary/aromatic N) is 2. The molecule has 7 nitrogen and oxygen atoms in total. The van der Waals surface area contributed by atoms with E-state index < -0.39 is 38.9 Å². The van der Waals surface area contributed by atoms with E-state index in [0.717, 1.165) is 37.9 Å². The summed E-state index contributed by atoms with van der Waals surface area (Å²) < 4.78 is 81.1. The number of sulfonamides is 1. The summed E-state index contributed by atoms with van der Waals surface area (Å²) in [4.78, 5) is 15.9. The van der Waals surface area contributed by atoms with Crippen LogP contribution in [0.15, 0.2) is 35.4 Å². The maximum absolute atomic E-state index is 14.4. The number of pyridine rings is 1. The molecule has 1 saturated carbocycles. The van der Waals surface area contributed by atoms with E-state index in [9.17, 15) is 35.9 Å². The van der Waals surface area contributed by atoms with Crippen LogP contribution in [0.4, 0.5) is 17.6 Å². The Bertz CT molecular complexity index is 1390. The molecule has 0 saturated heterocycles. The molecular formula is C23H23F4N3O4S. The van der Waals surface area contributed by atoms with E-state index in [1.807, 2.05) is 4.57 Å². The molecule has 0 radical (unpaired) electrons. The summed E-state index contributed by atoms with van der Waals surface area (Å²) in [5.41, 5.74) is 1.02. The van der Waals surface area contributed by atoms with E-state index in [0.29, 0.717) is 18.0 Å². The van der Waals surface area contributed by atoms with E-state index in [1.54, 1.807) is 17.7 Å². The summed E-state index contributed by atoms with van der Waals surface area (Å²) in [6, 6.07) is 2.70. The maximum atomic E-state index is 14.4. The van der Waals surface area contributed by atoms with Crippen molar-refractivity contribution in [3.05, 3.63) is 47.4 Å².